The summed E-state index contributed by atoms with van der Waals surface area (Å²) in [5, 5.41) is 12.8. The minimum absolute atomic E-state index is 0.0594. The molecule has 14 rings (SSSR count). The Kier molecular flexibility index (Phi) is 7.49. The number of rotatable bonds is 4. The van der Waals surface area contributed by atoms with Gasteiger partial charge in [0.15, 0.2) is 0 Å². The number of aromatic nitrogens is 2. The van der Waals surface area contributed by atoms with Gasteiger partial charge in [-0.05, 0) is 156 Å². The van der Waals surface area contributed by atoms with E-state index in [1.165, 1.54) is 126 Å². The minimum Gasteiger partial charge on any atom is -0.309 e. The second-order valence-electron chi connectivity index (χ2n) is 18.5. The second kappa shape index (κ2) is 13.4. The monoisotopic (exact) mass is 826 g/mol. The van der Waals surface area contributed by atoms with Gasteiger partial charge in [-0.1, -0.05) is 153 Å². The molecule has 0 atom stereocenters. The molecule has 0 aliphatic heterocycles. The Labute approximate surface area is 376 Å². The number of nitrogens with zero attached hydrogens (tertiary/aromatic N) is 2. The lowest BCUT2D eigenvalue weighted by Gasteiger charge is -2.22. The molecule has 0 amide bonds. The van der Waals surface area contributed by atoms with Gasteiger partial charge < -0.3 is 9.13 Å². The van der Waals surface area contributed by atoms with E-state index in [9.17, 15) is 0 Å². The minimum atomic E-state index is -0.0594. The number of fused-ring (bicyclic) bond motifs is 15. The molecule has 0 N–H and O–H groups in total. The fourth-order valence-corrected chi connectivity index (χ4v) is 11.6. The van der Waals surface area contributed by atoms with Gasteiger partial charge in [0.1, 0.15) is 0 Å². The van der Waals surface area contributed by atoms with Gasteiger partial charge in [-0.15, -0.1) is 0 Å². The highest BCUT2D eigenvalue weighted by atomic mass is 15.0. The molecule has 13 aromatic rings. The van der Waals surface area contributed by atoms with Gasteiger partial charge in [0.25, 0.3) is 0 Å². The van der Waals surface area contributed by atoms with E-state index in [4.69, 9.17) is 0 Å². The lowest BCUT2D eigenvalue weighted by molar-refractivity contribution is 0.661. The third-order valence-corrected chi connectivity index (χ3v) is 14.7. The summed E-state index contributed by atoms with van der Waals surface area (Å²) >= 11 is 0. The molecular weight excluding hydrogens is 785 g/mol. The zero-order valence-corrected chi connectivity index (χ0v) is 36.2. The number of benzene rings is 11. The Hall–Kier alpha value is -8.20. The van der Waals surface area contributed by atoms with Crippen LogP contribution in [0.1, 0.15) is 25.0 Å². The van der Waals surface area contributed by atoms with E-state index < -0.39 is 0 Å². The Morgan fingerprint density at radius 3 is 1.48 bits per heavy atom. The van der Waals surface area contributed by atoms with Crippen LogP contribution in [0, 0.1) is 0 Å². The van der Waals surface area contributed by atoms with Gasteiger partial charge in [-0.3, -0.25) is 0 Å². The van der Waals surface area contributed by atoms with Crippen molar-refractivity contribution in [2.24, 2.45) is 0 Å². The van der Waals surface area contributed by atoms with Crippen LogP contribution in [-0.2, 0) is 5.41 Å². The summed E-state index contributed by atoms with van der Waals surface area (Å²) in [5.41, 5.74) is 17.5. The summed E-state index contributed by atoms with van der Waals surface area (Å²) in [6.07, 6.45) is 0. The highest BCUT2D eigenvalue weighted by molar-refractivity contribution is 6.27. The van der Waals surface area contributed by atoms with E-state index in [2.05, 4.69) is 241 Å². The van der Waals surface area contributed by atoms with Crippen molar-refractivity contribution in [2.45, 2.75) is 19.3 Å². The zero-order valence-electron chi connectivity index (χ0n) is 36.2. The molecule has 11 aromatic carbocycles. The highest BCUT2D eigenvalue weighted by Crippen LogP contribution is 2.51. The Morgan fingerprint density at radius 1 is 0.262 bits per heavy atom. The maximum absolute atomic E-state index is 2.50. The molecule has 0 fully saturated rings. The van der Waals surface area contributed by atoms with Gasteiger partial charge >= 0.3 is 0 Å². The van der Waals surface area contributed by atoms with Crippen LogP contribution in [0.2, 0.25) is 0 Å². The van der Waals surface area contributed by atoms with E-state index >= 15 is 0 Å². The first-order valence-corrected chi connectivity index (χ1v) is 22.8. The molecule has 0 bridgehead atoms. The van der Waals surface area contributed by atoms with Crippen LogP contribution in [0.4, 0.5) is 0 Å². The largest absolute Gasteiger partial charge is 0.309 e. The average molecular weight is 827 g/mol. The molecule has 2 heteroatoms. The van der Waals surface area contributed by atoms with Crippen LogP contribution < -0.4 is 0 Å². The molecule has 2 nitrogen and oxygen atoms in total. The van der Waals surface area contributed by atoms with Crippen LogP contribution in [0.5, 0.6) is 0 Å². The lowest BCUT2D eigenvalue weighted by Crippen LogP contribution is -2.14. The van der Waals surface area contributed by atoms with Crippen molar-refractivity contribution in [3.05, 3.63) is 230 Å². The first-order valence-electron chi connectivity index (χ1n) is 22.8. The average Bonchev–Trinajstić information content (AvgIpc) is 3.96. The maximum Gasteiger partial charge on any atom is 0.0542 e. The van der Waals surface area contributed by atoms with Crippen molar-refractivity contribution in [1.82, 2.24) is 9.13 Å². The fourth-order valence-electron chi connectivity index (χ4n) is 11.6. The predicted molar refractivity (Wildman–Crippen MR) is 276 cm³/mol. The van der Waals surface area contributed by atoms with Gasteiger partial charge in [-0.25, -0.2) is 0 Å². The molecule has 0 saturated heterocycles. The molecule has 0 unspecified atom stereocenters. The number of para-hydroxylation sites is 3. The SMILES string of the molecule is CC1(C)c2ccccc2-c2cc3c4ccccc4c4cc(-c5cccc(-c6ccc7c(c6)c6ccccc6n7-c6ccc7c(c6)c6ccccc6n7-c6ccccc6)c5)ccc4c3cc21. The van der Waals surface area contributed by atoms with Crippen molar-refractivity contribution in [3.8, 4) is 44.8 Å². The summed E-state index contributed by atoms with van der Waals surface area (Å²) in [5.74, 6) is 0. The number of hydrogen-bond acceptors (Lipinski definition) is 0. The summed E-state index contributed by atoms with van der Waals surface area (Å²) in [6, 6.07) is 81.4. The summed E-state index contributed by atoms with van der Waals surface area (Å²) < 4.78 is 4.82. The topological polar surface area (TPSA) is 9.86 Å². The normalized spacial score (nSPS) is 13.2. The summed E-state index contributed by atoms with van der Waals surface area (Å²) in [4.78, 5) is 0. The van der Waals surface area contributed by atoms with Gasteiger partial charge in [0, 0.05) is 38.3 Å². The number of hydrogen-bond donors (Lipinski definition) is 0. The Bertz CT molecular complexity index is 4140. The lowest BCUT2D eigenvalue weighted by atomic mass is 9.81. The first kappa shape index (κ1) is 36.3. The third-order valence-electron chi connectivity index (χ3n) is 14.7. The van der Waals surface area contributed by atoms with Crippen LogP contribution in [0.25, 0.3) is 121 Å². The van der Waals surface area contributed by atoms with Crippen molar-refractivity contribution < 1.29 is 0 Å². The van der Waals surface area contributed by atoms with Crippen LogP contribution >= 0.6 is 0 Å². The molecule has 1 aliphatic rings. The summed E-state index contributed by atoms with van der Waals surface area (Å²) in [6.45, 7) is 4.75. The van der Waals surface area contributed by atoms with Crippen molar-refractivity contribution in [3.63, 3.8) is 0 Å². The predicted octanol–water partition coefficient (Wildman–Crippen LogP) is 17.0. The molecular formula is C63H42N2. The molecule has 0 saturated carbocycles. The van der Waals surface area contributed by atoms with Gasteiger partial charge in [0.2, 0.25) is 0 Å². The highest BCUT2D eigenvalue weighted by Gasteiger charge is 2.35. The van der Waals surface area contributed by atoms with E-state index in [1.807, 2.05) is 0 Å². The van der Waals surface area contributed by atoms with Crippen molar-refractivity contribution >= 4 is 75.9 Å². The van der Waals surface area contributed by atoms with E-state index in [0.29, 0.717) is 0 Å². The molecule has 1 aliphatic carbocycles. The summed E-state index contributed by atoms with van der Waals surface area (Å²) in [7, 11) is 0. The molecule has 0 spiro atoms. The molecule has 65 heavy (non-hydrogen) atoms. The fraction of sp³-hybridized carbons (Fsp3) is 0.0476. The van der Waals surface area contributed by atoms with Crippen molar-refractivity contribution in [2.75, 3.05) is 0 Å². The Morgan fingerprint density at radius 2 is 0.754 bits per heavy atom. The van der Waals surface area contributed by atoms with Gasteiger partial charge in [-0.2, -0.15) is 0 Å². The third kappa shape index (κ3) is 5.17. The van der Waals surface area contributed by atoms with Crippen LogP contribution in [-0.4, -0.2) is 9.13 Å². The zero-order chi connectivity index (χ0) is 43.0. The Balaban J connectivity index is 0.891. The van der Waals surface area contributed by atoms with E-state index in [0.717, 1.165) is 5.69 Å². The molecule has 0 radical (unpaired) electrons. The second-order valence-corrected chi connectivity index (χ2v) is 18.5. The molecule has 304 valence electrons. The molecule has 2 aromatic heterocycles. The quantitative estimate of drug-likeness (QED) is 0.156. The van der Waals surface area contributed by atoms with Crippen molar-refractivity contribution in [1.29, 1.82) is 0 Å². The van der Waals surface area contributed by atoms with E-state index in [1.54, 1.807) is 0 Å². The van der Waals surface area contributed by atoms with E-state index in [-0.39, 0.29) is 5.41 Å². The first-order chi connectivity index (χ1) is 32.0. The van der Waals surface area contributed by atoms with Crippen LogP contribution in [0.15, 0.2) is 218 Å². The van der Waals surface area contributed by atoms with Crippen LogP contribution in [0.3, 0.4) is 0 Å². The maximum atomic E-state index is 2.50. The van der Waals surface area contributed by atoms with Gasteiger partial charge in [0.05, 0.1) is 22.1 Å². The smallest absolute Gasteiger partial charge is 0.0542 e. The standard InChI is InChI=1S/C63H42N2/c1-63(2)57-24-11-8-21-48(57)54-37-52-46-20-7-6-19-45(46)51-34-41(27-30-47(51)53(52)38-58(54)63)39-15-14-16-40(33-39)42-28-31-61-55(35-42)49-22-9-13-26-60(49)65(61)44-29-32-62-56(36-44)50-23-10-12-25-59(50)64(62)43-17-4-3-5-18-43/h3-38H,1-2H3. The molecule has 2 heterocycles.